The highest BCUT2D eigenvalue weighted by atomic mass is 35.5. The van der Waals surface area contributed by atoms with Crippen molar-refractivity contribution in [2.24, 2.45) is 0 Å². The summed E-state index contributed by atoms with van der Waals surface area (Å²) in [5.74, 6) is -0.621. The molecule has 39 heavy (non-hydrogen) atoms. The molecule has 0 aliphatic rings. The number of pyridine rings is 1. The summed E-state index contributed by atoms with van der Waals surface area (Å²) in [5, 5.41) is 5.86. The van der Waals surface area contributed by atoms with E-state index in [2.05, 4.69) is 46.4 Å². The molecule has 0 spiro atoms. The Hall–Kier alpha value is -4.27. The van der Waals surface area contributed by atoms with E-state index in [9.17, 15) is 8.60 Å². The van der Waals surface area contributed by atoms with Gasteiger partial charge in [-0.1, -0.05) is 103 Å². The molecule has 0 aliphatic carbocycles. The van der Waals surface area contributed by atoms with Gasteiger partial charge in [-0.15, -0.1) is 0 Å². The van der Waals surface area contributed by atoms with Crippen LogP contribution in [0.5, 0.6) is 0 Å². The van der Waals surface area contributed by atoms with Crippen molar-refractivity contribution in [3.8, 4) is 11.5 Å². The Morgan fingerprint density at radius 1 is 0.821 bits per heavy atom. The van der Waals surface area contributed by atoms with Gasteiger partial charge in [0.25, 0.3) is 0 Å². The van der Waals surface area contributed by atoms with Gasteiger partial charge in [0, 0.05) is 12.5 Å². The number of nitrogens with zero attached hydrogens (tertiary/aromatic N) is 5. The molecule has 1 unspecified atom stereocenters. The van der Waals surface area contributed by atoms with Crippen LogP contribution in [0.4, 0.5) is 4.39 Å². The maximum atomic E-state index is 14.4. The summed E-state index contributed by atoms with van der Waals surface area (Å²) in [6.45, 7) is 0. The maximum Gasteiger partial charge on any atom is 0.182 e. The summed E-state index contributed by atoms with van der Waals surface area (Å²) < 4.78 is 28.5. The number of aromatic nitrogens is 5. The standard InChI is InChI=1S/C30H21ClFN5OS/c1-39(38)29-25(32)19-33-27(35-29)26-24-17-23(31)18-34-28(24)37(36-26)30(20-11-5-2-6-12-20,21-13-7-3-8-14-21)22-15-9-4-10-16-22/h2-19H,1H3. The van der Waals surface area contributed by atoms with E-state index in [-0.39, 0.29) is 10.9 Å². The van der Waals surface area contributed by atoms with E-state index < -0.39 is 22.2 Å². The van der Waals surface area contributed by atoms with Crippen molar-refractivity contribution < 1.29 is 8.60 Å². The molecule has 3 aromatic heterocycles. The predicted octanol–water partition coefficient (Wildman–Crippen LogP) is 6.26. The fourth-order valence-corrected chi connectivity index (χ4v) is 5.65. The van der Waals surface area contributed by atoms with Crippen LogP contribution in [0.15, 0.2) is 114 Å². The third-order valence-electron chi connectivity index (χ3n) is 6.58. The quantitative estimate of drug-likeness (QED) is 0.180. The van der Waals surface area contributed by atoms with Gasteiger partial charge in [-0.3, -0.25) is 4.21 Å². The monoisotopic (exact) mass is 553 g/mol. The van der Waals surface area contributed by atoms with Crippen LogP contribution in [0.2, 0.25) is 5.02 Å². The normalized spacial score (nSPS) is 12.5. The molecule has 0 bridgehead atoms. The molecule has 3 heterocycles. The van der Waals surface area contributed by atoms with Gasteiger partial charge in [-0.25, -0.2) is 24.0 Å². The van der Waals surface area contributed by atoms with E-state index in [4.69, 9.17) is 21.7 Å². The minimum atomic E-state index is -1.66. The van der Waals surface area contributed by atoms with Crippen molar-refractivity contribution in [1.82, 2.24) is 24.7 Å². The zero-order valence-electron chi connectivity index (χ0n) is 20.7. The summed E-state index contributed by atoms with van der Waals surface area (Å²) in [7, 11) is -1.66. The largest absolute Gasteiger partial charge is 0.253 e. The fourth-order valence-electron chi connectivity index (χ4n) is 4.95. The molecule has 0 radical (unpaired) electrons. The molecule has 0 aliphatic heterocycles. The maximum absolute atomic E-state index is 14.4. The Morgan fingerprint density at radius 2 is 1.36 bits per heavy atom. The van der Waals surface area contributed by atoms with Gasteiger partial charge in [0.05, 0.1) is 27.4 Å². The van der Waals surface area contributed by atoms with Crippen LogP contribution >= 0.6 is 11.6 Å². The number of hydrogen-bond donors (Lipinski definition) is 0. The molecule has 0 saturated heterocycles. The zero-order valence-corrected chi connectivity index (χ0v) is 22.3. The molecular weight excluding hydrogens is 533 g/mol. The van der Waals surface area contributed by atoms with Crippen LogP contribution in [0, 0.1) is 5.82 Å². The average Bonchev–Trinajstić information content (AvgIpc) is 3.34. The minimum Gasteiger partial charge on any atom is -0.253 e. The Kier molecular flexibility index (Phi) is 6.50. The lowest BCUT2D eigenvalue weighted by molar-refractivity contribution is 0.473. The Bertz CT molecular complexity index is 1720. The van der Waals surface area contributed by atoms with Gasteiger partial charge < -0.3 is 0 Å². The fraction of sp³-hybridized carbons (Fsp3) is 0.0667. The SMILES string of the molecule is CS(=O)c1nc(-c2nn(C(c3ccccc3)(c3ccccc3)c3ccccc3)c3ncc(Cl)cc23)ncc1F. The molecule has 0 amide bonds. The van der Waals surface area contributed by atoms with Crippen LogP contribution in [-0.4, -0.2) is 35.2 Å². The van der Waals surface area contributed by atoms with Crippen LogP contribution < -0.4 is 0 Å². The molecule has 0 saturated carbocycles. The first-order valence-electron chi connectivity index (χ1n) is 12.1. The highest BCUT2D eigenvalue weighted by Crippen LogP contribution is 2.43. The Balaban J connectivity index is 1.77. The van der Waals surface area contributed by atoms with Crippen LogP contribution in [-0.2, 0) is 16.3 Å². The zero-order chi connectivity index (χ0) is 27.0. The summed E-state index contributed by atoms with van der Waals surface area (Å²) in [4.78, 5) is 13.2. The van der Waals surface area contributed by atoms with Crippen LogP contribution in [0.25, 0.3) is 22.6 Å². The molecule has 192 valence electrons. The van der Waals surface area contributed by atoms with Crippen LogP contribution in [0.1, 0.15) is 16.7 Å². The minimum absolute atomic E-state index is 0.123. The lowest BCUT2D eigenvalue weighted by Gasteiger charge is -2.36. The summed E-state index contributed by atoms with van der Waals surface area (Å²) in [6.07, 6.45) is 3.95. The average molecular weight is 554 g/mol. The topological polar surface area (TPSA) is 73.6 Å². The number of halogens is 2. The molecule has 0 fully saturated rings. The summed E-state index contributed by atoms with van der Waals surface area (Å²) >= 11 is 6.41. The Morgan fingerprint density at radius 3 is 1.87 bits per heavy atom. The second-order valence-corrected chi connectivity index (χ2v) is 10.6. The summed E-state index contributed by atoms with van der Waals surface area (Å²) in [5.41, 5.74) is 2.76. The van der Waals surface area contributed by atoms with Gasteiger partial charge in [0.2, 0.25) is 0 Å². The number of benzene rings is 3. The lowest BCUT2D eigenvalue weighted by Crippen LogP contribution is -2.38. The second-order valence-electron chi connectivity index (χ2n) is 8.89. The lowest BCUT2D eigenvalue weighted by atomic mass is 9.77. The van der Waals surface area contributed by atoms with E-state index in [1.54, 1.807) is 12.3 Å². The van der Waals surface area contributed by atoms with Crippen molar-refractivity contribution in [2.75, 3.05) is 6.26 Å². The molecular formula is C30H21ClFN5OS. The van der Waals surface area contributed by atoms with Crippen molar-refractivity contribution in [2.45, 2.75) is 10.6 Å². The van der Waals surface area contributed by atoms with Crippen molar-refractivity contribution in [3.63, 3.8) is 0 Å². The van der Waals surface area contributed by atoms with Crippen molar-refractivity contribution in [1.29, 1.82) is 0 Å². The third-order valence-corrected chi connectivity index (χ3v) is 7.62. The van der Waals surface area contributed by atoms with E-state index in [1.807, 2.05) is 59.3 Å². The molecule has 6 aromatic rings. The first-order valence-corrected chi connectivity index (χ1v) is 14.0. The molecule has 6 nitrogen and oxygen atoms in total. The Labute approximate surface area is 231 Å². The van der Waals surface area contributed by atoms with Crippen molar-refractivity contribution in [3.05, 3.63) is 137 Å². The molecule has 1 atom stereocenters. The number of hydrogen-bond acceptors (Lipinski definition) is 5. The van der Waals surface area contributed by atoms with Gasteiger partial charge >= 0.3 is 0 Å². The van der Waals surface area contributed by atoms with Gasteiger partial charge in [-0.05, 0) is 22.8 Å². The predicted molar refractivity (Wildman–Crippen MR) is 150 cm³/mol. The van der Waals surface area contributed by atoms with Gasteiger partial charge in [-0.2, -0.15) is 5.10 Å². The first kappa shape index (κ1) is 25.0. The third kappa shape index (κ3) is 4.22. The first-order chi connectivity index (χ1) is 19.0. The van der Waals surface area contributed by atoms with E-state index in [0.717, 1.165) is 22.9 Å². The molecule has 6 rings (SSSR count). The smallest absolute Gasteiger partial charge is 0.182 e. The number of fused-ring (bicyclic) bond motifs is 1. The van der Waals surface area contributed by atoms with Crippen molar-refractivity contribution >= 4 is 33.4 Å². The molecule has 3 aromatic carbocycles. The second kappa shape index (κ2) is 10.1. The number of rotatable bonds is 6. The molecule has 0 N–H and O–H groups in total. The van der Waals surface area contributed by atoms with Gasteiger partial charge in [0.15, 0.2) is 22.3 Å². The van der Waals surface area contributed by atoms with E-state index in [1.165, 1.54) is 6.26 Å². The highest BCUT2D eigenvalue weighted by Gasteiger charge is 2.41. The van der Waals surface area contributed by atoms with Gasteiger partial charge in [0.1, 0.15) is 11.2 Å². The highest BCUT2D eigenvalue weighted by molar-refractivity contribution is 7.84. The van der Waals surface area contributed by atoms with E-state index >= 15 is 0 Å². The van der Waals surface area contributed by atoms with E-state index in [0.29, 0.717) is 21.7 Å². The molecule has 9 heteroatoms. The van der Waals surface area contributed by atoms with Crippen LogP contribution in [0.3, 0.4) is 0 Å². The summed E-state index contributed by atoms with van der Waals surface area (Å²) in [6, 6.07) is 31.9.